The summed E-state index contributed by atoms with van der Waals surface area (Å²) in [5.41, 5.74) is 0.469. The molecule has 2 aromatic rings. The van der Waals surface area contributed by atoms with Crippen LogP contribution in [0.25, 0.3) is 11.5 Å². The van der Waals surface area contributed by atoms with Gasteiger partial charge in [0.05, 0.1) is 10.0 Å². The number of hydrogen-bond acceptors (Lipinski definition) is 4. The van der Waals surface area contributed by atoms with Gasteiger partial charge in [-0.1, -0.05) is 6.07 Å². The Balaban J connectivity index is 2.12. The van der Waals surface area contributed by atoms with Gasteiger partial charge in [0, 0.05) is 12.8 Å². The zero-order chi connectivity index (χ0) is 13.8. The van der Waals surface area contributed by atoms with Gasteiger partial charge in [-0.25, -0.2) is 4.39 Å². The zero-order valence-corrected chi connectivity index (χ0v) is 11.4. The number of aliphatic carboxylic acids is 1. The molecule has 1 aromatic carbocycles. The van der Waals surface area contributed by atoms with Gasteiger partial charge in [-0.15, -0.1) is 10.2 Å². The molecule has 0 aliphatic heterocycles. The molecule has 0 fully saturated rings. The fourth-order valence-corrected chi connectivity index (χ4v) is 1.96. The van der Waals surface area contributed by atoms with Gasteiger partial charge < -0.3 is 9.52 Å². The first kappa shape index (κ1) is 13.7. The van der Waals surface area contributed by atoms with E-state index < -0.39 is 11.8 Å². The Bertz CT molecular complexity index is 600. The van der Waals surface area contributed by atoms with Crippen molar-refractivity contribution in [2.75, 3.05) is 0 Å². The fourth-order valence-electron chi connectivity index (χ4n) is 1.52. The first-order chi connectivity index (χ1) is 9.08. The summed E-state index contributed by atoms with van der Waals surface area (Å²) in [6, 6.07) is 4.52. The molecule has 2 rings (SSSR count). The second-order valence-corrected chi connectivity index (χ2v) is 4.64. The molecule has 0 bridgehead atoms. The number of carbonyl (C=O) groups is 1. The average molecular weight is 329 g/mol. The van der Waals surface area contributed by atoms with Crippen molar-refractivity contribution in [3.63, 3.8) is 0 Å². The number of aromatic nitrogens is 2. The molecule has 0 radical (unpaired) electrons. The van der Waals surface area contributed by atoms with Crippen molar-refractivity contribution >= 4 is 21.9 Å². The lowest BCUT2D eigenvalue weighted by Gasteiger charge is -1.99. The number of benzene rings is 1. The average Bonchev–Trinajstić information content (AvgIpc) is 2.81. The molecule has 0 saturated heterocycles. The second kappa shape index (κ2) is 5.92. The smallest absolute Gasteiger partial charge is 0.303 e. The van der Waals surface area contributed by atoms with Gasteiger partial charge in [0.2, 0.25) is 11.8 Å². The number of nitrogens with zero attached hydrogens (tertiary/aromatic N) is 2. The van der Waals surface area contributed by atoms with E-state index >= 15 is 0 Å². The molecule has 1 aromatic heterocycles. The summed E-state index contributed by atoms with van der Waals surface area (Å²) >= 11 is 3.12. The minimum absolute atomic E-state index is 0.0430. The molecule has 0 aliphatic carbocycles. The van der Waals surface area contributed by atoms with Gasteiger partial charge >= 0.3 is 5.97 Å². The van der Waals surface area contributed by atoms with E-state index in [1.807, 2.05) is 0 Å². The van der Waals surface area contributed by atoms with Crippen LogP contribution < -0.4 is 0 Å². The molecule has 0 amide bonds. The summed E-state index contributed by atoms with van der Waals surface area (Å²) in [6.07, 6.45) is 0.842. The van der Waals surface area contributed by atoms with Crippen molar-refractivity contribution in [3.8, 4) is 11.5 Å². The Hall–Kier alpha value is -1.76. The van der Waals surface area contributed by atoms with Crippen molar-refractivity contribution in [1.29, 1.82) is 0 Å². The van der Waals surface area contributed by atoms with E-state index in [4.69, 9.17) is 9.52 Å². The van der Waals surface area contributed by atoms with Crippen molar-refractivity contribution in [2.24, 2.45) is 0 Å². The van der Waals surface area contributed by atoms with E-state index in [0.717, 1.165) is 0 Å². The lowest BCUT2D eigenvalue weighted by molar-refractivity contribution is -0.137. The van der Waals surface area contributed by atoms with Crippen molar-refractivity contribution in [3.05, 3.63) is 34.4 Å². The maximum atomic E-state index is 13.4. The van der Waals surface area contributed by atoms with E-state index in [2.05, 4.69) is 26.1 Å². The molecule has 7 heteroatoms. The summed E-state index contributed by atoms with van der Waals surface area (Å²) in [5, 5.41) is 16.2. The molecule has 0 saturated carbocycles. The highest BCUT2D eigenvalue weighted by molar-refractivity contribution is 9.10. The predicted octanol–water partition coefficient (Wildman–Crippen LogP) is 3.05. The lowest BCUT2D eigenvalue weighted by atomic mass is 10.2. The second-order valence-electron chi connectivity index (χ2n) is 3.85. The largest absolute Gasteiger partial charge is 0.481 e. The zero-order valence-electron chi connectivity index (χ0n) is 9.77. The molecule has 5 nitrogen and oxygen atoms in total. The Morgan fingerprint density at radius 3 is 2.95 bits per heavy atom. The standard InChI is InChI=1S/C12H10BrFN2O3/c13-11-7(3-1-4-8(11)14)12-16-15-9(19-12)5-2-6-10(17)18/h1,3-4H,2,5-6H2,(H,17,18). The van der Waals surface area contributed by atoms with Crippen LogP contribution in [0.1, 0.15) is 18.7 Å². The first-order valence-corrected chi connectivity index (χ1v) is 6.36. The van der Waals surface area contributed by atoms with Crippen molar-refractivity contribution < 1.29 is 18.7 Å². The Kier molecular flexibility index (Phi) is 4.26. The topological polar surface area (TPSA) is 76.2 Å². The number of halogens is 2. The van der Waals surface area contributed by atoms with Crippen LogP contribution in [0.4, 0.5) is 4.39 Å². The molecule has 1 N–H and O–H groups in total. The Labute approximate surface area is 116 Å². The van der Waals surface area contributed by atoms with E-state index in [9.17, 15) is 9.18 Å². The SMILES string of the molecule is O=C(O)CCCc1nnc(-c2cccc(F)c2Br)o1. The summed E-state index contributed by atoms with van der Waals surface area (Å²) in [6.45, 7) is 0. The quantitative estimate of drug-likeness (QED) is 0.912. The molecule has 0 atom stereocenters. The third kappa shape index (κ3) is 3.37. The fraction of sp³-hybridized carbons (Fsp3) is 0.250. The van der Waals surface area contributed by atoms with Crippen LogP contribution in [-0.2, 0) is 11.2 Å². The van der Waals surface area contributed by atoms with Crippen LogP contribution in [-0.4, -0.2) is 21.3 Å². The summed E-state index contributed by atoms with van der Waals surface area (Å²) < 4.78 is 19.0. The first-order valence-electron chi connectivity index (χ1n) is 5.56. The monoisotopic (exact) mass is 328 g/mol. The number of carboxylic acid groups (broad SMARTS) is 1. The molecular formula is C12H10BrFN2O3. The molecule has 1 heterocycles. The third-order valence-corrected chi connectivity index (χ3v) is 3.24. The van der Waals surface area contributed by atoms with Crippen LogP contribution in [0.3, 0.4) is 0 Å². The van der Waals surface area contributed by atoms with Crippen LogP contribution >= 0.6 is 15.9 Å². The highest BCUT2D eigenvalue weighted by Crippen LogP contribution is 2.29. The molecule has 0 aliphatic rings. The van der Waals surface area contributed by atoms with Gasteiger partial charge in [-0.3, -0.25) is 4.79 Å². The van der Waals surface area contributed by atoms with E-state index in [-0.39, 0.29) is 16.8 Å². The van der Waals surface area contributed by atoms with Gasteiger partial charge in [-0.2, -0.15) is 0 Å². The van der Waals surface area contributed by atoms with Gasteiger partial charge in [0.15, 0.2) is 0 Å². The lowest BCUT2D eigenvalue weighted by Crippen LogP contribution is -1.95. The van der Waals surface area contributed by atoms with E-state index in [1.54, 1.807) is 12.1 Å². The minimum atomic E-state index is -0.868. The van der Waals surface area contributed by atoms with Gasteiger partial charge in [0.1, 0.15) is 5.82 Å². The van der Waals surface area contributed by atoms with Crippen LogP contribution in [0.5, 0.6) is 0 Å². The number of carboxylic acids is 1. The van der Waals surface area contributed by atoms with E-state index in [0.29, 0.717) is 24.3 Å². The third-order valence-electron chi connectivity index (χ3n) is 2.43. The molecule has 0 unspecified atom stereocenters. The maximum Gasteiger partial charge on any atom is 0.303 e. The van der Waals surface area contributed by atoms with Gasteiger partial charge in [0.25, 0.3) is 0 Å². The summed E-state index contributed by atoms with van der Waals surface area (Å²) in [7, 11) is 0. The predicted molar refractivity (Wildman–Crippen MR) is 68.0 cm³/mol. The van der Waals surface area contributed by atoms with Crippen molar-refractivity contribution in [2.45, 2.75) is 19.3 Å². The van der Waals surface area contributed by atoms with Crippen LogP contribution in [0.15, 0.2) is 27.1 Å². The number of hydrogen-bond donors (Lipinski definition) is 1. The molecule has 19 heavy (non-hydrogen) atoms. The van der Waals surface area contributed by atoms with Gasteiger partial charge in [-0.05, 0) is 34.5 Å². The molecule has 100 valence electrons. The molecule has 0 spiro atoms. The number of rotatable bonds is 5. The summed E-state index contributed by atoms with van der Waals surface area (Å²) in [4.78, 5) is 10.4. The van der Waals surface area contributed by atoms with Crippen LogP contribution in [0.2, 0.25) is 0 Å². The summed E-state index contributed by atoms with van der Waals surface area (Å²) in [5.74, 6) is -0.736. The number of aryl methyl sites for hydroxylation is 1. The highest BCUT2D eigenvalue weighted by atomic mass is 79.9. The highest BCUT2D eigenvalue weighted by Gasteiger charge is 2.14. The Morgan fingerprint density at radius 1 is 1.42 bits per heavy atom. The van der Waals surface area contributed by atoms with E-state index in [1.165, 1.54) is 6.07 Å². The maximum absolute atomic E-state index is 13.4. The Morgan fingerprint density at radius 2 is 2.21 bits per heavy atom. The molecular weight excluding hydrogens is 319 g/mol. The van der Waals surface area contributed by atoms with Crippen molar-refractivity contribution in [1.82, 2.24) is 10.2 Å². The minimum Gasteiger partial charge on any atom is -0.481 e. The normalized spacial score (nSPS) is 10.6. The van der Waals surface area contributed by atoms with Crippen LogP contribution in [0, 0.1) is 5.82 Å².